The highest BCUT2D eigenvalue weighted by molar-refractivity contribution is 5.93. The number of aryl methyl sites for hydroxylation is 1. The van der Waals surface area contributed by atoms with E-state index in [2.05, 4.69) is 31.7 Å². The molecule has 5 heterocycles. The van der Waals surface area contributed by atoms with Crippen LogP contribution >= 0.6 is 0 Å². The molecule has 1 saturated carbocycles. The van der Waals surface area contributed by atoms with Gasteiger partial charge in [-0.25, -0.2) is 14.3 Å². The van der Waals surface area contributed by atoms with Crippen LogP contribution in [0.5, 0.6) is 0 Å². The van der Waals surface area contributed by atoms with Crippen LogP contribution in [-0.2, 0) is 12.8 Å². The number of fused-ring (bicyclic) bond motifs is 2. The number of urea groups is 1. The summed E-state index contributed by atoms with van der Waals surface area (Å²) >= 11 is 0. The third-order valence-electron chi connectivity index (χ3n) is 5.95. The molecule has 0 unspecified atom stereocenters. The first-order chi connectivity index (χ1) is 14.3. The number of nitrogens with zero attached hydrogens (tertiary/aromatic N) is 7. The third-order valence-corrected chi connectivity index (χ3v) is 5.95. The molecule has 2 amide bonds. The van der Waals surface area contributed by atoms with Crippen molar-refractivity contribution in [3.8, 4) is 0 Å². The summed E-state index contributed by atoms with van der Waals surface area (Å²) in [5.74, 6) is 3.07. The number of aromatic nitrogens is 5. The van der Waals surface area contributed by atoms with Crippen molar-refractivity contribution in [3.63, 3.8) is 0 Å². The lowest BCUT2D eigenvalue weighted by Gasteiger charge is -2.29. The number of anilines is 3. The van der Waals surface area contributed by atoms with Crippen molar-refractivity contribution < 1.29 is 4.79 Å². The molecule has 1 aliphatic carbocycles. The first kappa shape index (κ1) is 16.7. The van der Waals surface area contributed by atoms with Crippen molar-refractivity contribution >= 4 is 29.1 Å². The molecule has 3 aromatic rings. The maximum Gasteiger partial charge on any atom is 0.323 e. The fourth-order valence-electron chi connectivity index (χ4n) is 4.23. The molecular formula is C20H22N8O. The Morgan fingerprint density at radius 1 is 1.10 bits per heavy atom. The smallest absolute Gasteiger partial charge is 0.323 e. The minimum Gasteiger partial charge on any atom is -0.336 e. The Hall–Kier alpha value is -3.23. The molecule has 0 bridgehead atoms. The Balaban J connectivity index is 1.35. The van der Waals surface area contributed by atoms with Crippen LogP contribution in [0.15, 0.2) is 24.5 Å². The van der Waals surface area contributed by atoms with Gasteiger partial charge in [-0.3, -0.25) is 4.90 Å². The normalized spacial score (nSPS) is 19.0. The molecule has 3 aromatic heterocycles. The standard InChI is InChI=1S/C20H22N8O/c29-20-21-7-9-27(20)17-6-5-16(24-25-17)26-8-1-2-14-12-28-19(23-18(14)26)15(11-22-28)10-13-3-4-13/h5-6,11-13H,1-4,7-10H2,(H,21,29). The molecule has 29 heavy (non-hydrogen) atoms. The number of hydrogen-bond acceptors (Lipinski definition) is 6. The van der Waals surface area contributed by atoms with E-state index in [1.165, 1.54) is 24.0 Å². The van der Waals surface area contributed by atoms with Gasteiger partial charge in [0.15, 0.2) is 17.3 Å². The van der Waals surface area contributed by atoms with Crippen LogP contribution in [-0.4, -0.2) is 50.5 Å². The lowest BCUT2D eigenvalue weighted by Crippen LogP contribution is -2.30. The van der Waals surface area contributed by atoms with Gasteiger partial charge in [0, 0.05) is 37.0 Å². The second-order valence-electron chi connectivity index (χ2n) is 8.06. The van der Waals surface area contributed by atoms with Crippen LogP contribution < -0.4 is 15.1 Å². The maximum absolute atomic E-state index is 11.9. The fraction of sp³-hybridized carbons (Fsp3) is 0.450. The van der Waals surface area contributed by atoms with Gasteiger partial charge in [0.2, 0.25) is 0 Å². The van der Waals surface area contributed by atoms with Gasteiger partial charge in [-0.2, -0.15) is 5.10 Å². The van der Waals surface area contributed by atoms with E-state index < -0.39 is 0 Å². The van der Waals surface area contributed by atoms with E-state index in [9.17, 15) is 4.79 Å². The maximum atomic E-state index is 11.9. The van der Waals surface area contributed by atoms with Crippen LogP contribution in [0.2, 0.25) is 0 Å². The Morgan fingerprint density at radius 2 is 1.93 bits per heavy atom. The Bertz CT molecular complexity index is 1090. The van der Waals surface area contributed by atoms with E-state index in [0.29, 0.717) is 18.9 Å². The van der Waals surface area contributed by atoms with Gasteiger partial charge in [-0.05, 0) is 50.2 Å². The van der Waals surface area contributed by atoms with E-state index in [-0.39, 0.29) is 6.03 Å². The summed E-state index contributed by atoms with van der Waals surface area (Å²) in [4.78, 5) is 20.6. The highest BCUT2D eigenvalue weighted by atomic mass is 16.2. The molecular weight excluding hydrogens is 368 g/mol. The summed E-state index contributed by atoms with van der Waals surface area (Å²) in [6, 6.07) is 3.66. The van der Waals surface area contributed by atoms with Gasteiger partial charge in [0.25, 0.3) is 0 Å². The molecule has 6 rings (SSSR count). The van der Waals surface area contributed by atoms with Crippen molar-refractivity contribution in [2.24, 2.45) is 5.92 Å². The second-order valence-corrected chi connectivity index (χ2v) is 8.06. The molecule has 2 aliphatic heterocycles. The summed E-state index contributed by atoms with van der Waals surface area (Å²) in [6.45, 7) is 2.10. The van der Waals surface area contributed by atoms with Gasteiger partial charge in [-0.15, -0.1) is 10.2 Å². The molecule has 148 valence electrons. The van der Waals surface area contributed by atoms with Crippen molar-refractivity contribution in [2.45, 2.75) is 32.1 Å². The summed E-state index contributed by atoms with van der Waals surface area (Å²) in [6.07, 6.45) is 9.75. The quantitative estimate of drug-likeness (QED) is 0.733. The molecule has 9 heteroatoms. The molecule has 0 aromatic carbocycles. The lowest BCUT2D eigenvalue weighted by atomic mass is 10.1. The Labute approximate surface area is 167 Å². The zero-order valence-corrected chi connectivity index (χ0v) is 16.1. The number of carbonyl (C=O) groups excluding carboxylic acids is 1. The fourth-order valence-corrected chi connectivity index (χ4v) is 4.23. The summed E-state index contributed by atoms with van der Waals surface area (Å²) in [7, 11) is 0. The molecule has 3 aliphatic rings. The largest absolute Gasteiger partial charge is 0.336 e. The minimum absolute atomic E-state index is 0.122. The molecule has 2 fully saturated rings. The van der Waals surface area contributed by atoms with Crippen molar-refractivity contribution in [1.29, 1.82) is 0 Å². The number of amides is 2. The Morgan fingerprint density at radius 3 is 2.66 bits per heavy atom. The predicted octanol–water partition coefficient (Wildman–Crippen LogP) is 2.09. The second kappa shape index (κ2) is 6.40. The van der Waals surface area contributed by atoms with E-state index in [4.69, 9.17) is 4.98 Å². The van der Waals surface area contributed by atoms with Crippen molar-refractivity contribution in [2.75, 3.05) is 29.4 Å². The third kappa shape index (κ3) is 2.88. The monoisotopic (exact) mass is 390 g/mol. The van der Waals surface area contributed by atoms with Crippen molar-refractivity contribution in [1.82, 2.24) is 30.1 Å². The van der Waals surface area contributed by atoms with E-state index in [0.717, 1.165) is 49.0 Å². The summed E-state index contributed by atoms with van der Waals surface area (Å²) in [5, 5.41) is 16.0. The number of carbonyl (C=O) groups is 1. The van der Waals surface area contributed by atoms with Gasteiger partial charge >= 0.3 is 6.03 Å². The zero-order valence-electron chi connectivity index (χ0n) is 16.1. The van der Waals surface area contributed by atoms with Crippen molar-refractivity contribution in [3.05, 3.63) is 35.7 Å². The predicted molar refractivity (Wildman–Crippen MR) is 108 cm³/mol. The summed E-state index contributed by atoms with van der Waals surface area (Å²) < 4.78 is 1.92. The highest BCUT2D eigenvalue weighted by Crippen LogP contribution is 2.35. The van der Waals surface area contributed by atoms with Gasteiger partial charge in [0.1, 0.15) is 5.82 Å². The molecule has 1 N–H and O–H groups in total. The van der Waals surface area contributed by atoms with E-state index in [1.807, 2.05) is 22.8 Å². The SMILES string of the molecule is O=C1NCCN1c1ccc(N2CCCc3cn4ncc(CC5CC5)c4nc32)nn1. The van der Waals surface area contributed by atoms with Crippen LogP contribution in [0.25, 0.3) is 5.65 Å². The van der Waals surface area contributed by atoms with E-state index >= 15 is 0 Å². The number of rotatable bonds is 4. The molecule has 0 atom stereocenters. The van der Waals surface area contributed by atoms with Crippen LogP contribution in [0, 0.1) is 5.92 Å². The minimum atomic E-state index is -0.122. The van der Waals surface area contributed by atoms with Crippen LogP contribution in [0.3, 0.4) is 0 Å². The van der Waals surface area contributed by atoms with Gasteiger partial charge < -0.3 is 10.2 Å². The average molecular weight is 390 g/mol. The number of hydrogen-bond donors (Lipinski definition) is 1. The molecule has 0 spiro atoms. The first-order valence-electron chi connectivity index (χ1n) is 10.3. The zero-order chi connectivity index (χ0) is 19.4. The summed E-state index contributed by atoms with van der Waals surface area (Å²) in [5.41, 5.74) is 3.35. The van der Waals surface area contributed by atoms with Gasteiger partial charge in [-0.1, -0.05) is 0 Å². The van der Waals surface area contributed by atoms with Gasteiger partial charge in [0.05, 0.1) is 6.20 Å². The van der Waals surface area contributed by atoms with Crippen LogP contribution in [0.1, 0.15) is 30.4 Å². The topological polar surface area (TPSA) is 91.6 Å². The van der Waals surface area contributed by atoms with Crippen LogP contribution in [0.4, 0.5) is 22.2 Å². The average Bonchev–Trinajstić information content (AvgIpc) is 3.34. The first-order valence-corrected chi connectivity index (χ1v) is 10.3. The number of nitrogens with one attached hydrogen (secondary N) is 1. The molecule has 1 saturated heterocycles. The Kier molecular flexibility index (Phi) is 3.68. The molecule has 0 radical (unpaired) electrons. The lowest BCUT2D eigenvalue weighted by molar-refractivity contribution is 0.252. The molecule has 9 nitrogen and oxygen atoms in total. The van der Waals surface area contributed by atoms with E-state index in [1.54, 1.807) is 4.90 Å². The highest BCUT2D eigenvalue weighted by Gasteiger charge is 2.27.